The third-order valence-electron chi connectivity index (χ3n) is 5.03. The lowest BCUT2D eigenvalue weighted by atomic mass is 9.98. The van der Waals surface area contributed by atoms with E-state index >= 15 is 0 Å². The smallest absolute Gasteiger partial charge is 0.406 e. The summed E-state index contributed by atoms with van der Waals surface area (Å²) in [5, 5.41) is 12.5. The largest absolute Gasteiger partial charge is 0.481 e. The predicted octanol–water partition coefficient (Wildman–Crippen LogP) is 3.90. The molecule has 1 aliphatic rings. The normalized spacial score (nSPS) is 15.3. The van der Waals surface area contributed by atoms with Crippen LogP contribution in [0, 0.1) is 10.1 Å². The number of rotatable bonds is 6. The second kappa shape index (κ2) is 8.62. The Morgan fingerprint density at radius 1 is 1.24 bits per heavy atom. The minimum atomic E-state index is -0.526. The van der Waals surface area contributed by atoms with Crippen molar-refractivity contribution in [3.8, 4) is 16.2 Å². The van der Waals surface area contributed by atoms with Gasteiger partial charge in [0.15, 0.2) is 0 Å². The number of hydrogen-bond donors (Lipinski definition) is 0. The van der Waals surface area contributed by atoms with E-state index in [2.05, 4.69) is 26.9 Å². The second-order valence-electron chi connectivity index (χ2n) is 7.09. The molecule has 0 spiro atoms. The number of ether oxygens (including phenoxy) is 1. The van der Waals surface area contributed by atoms with Crippen LogP contribution in [0.4, 0.5) is 5.82 Å². The maximum absolute atomic E-state index is 11.4. The number of pyridine rings is 2. The highest BCUT2D eigenvalue weighted by atomic mass is 32.1. The summed E-state index contributed by atoms with van der Waals surface area (Å²) in [6.07, 6.45) is 8.86. The first-order valence-corrected chi connectivity index (χ1v) is 10.2. The van der Waals surface area contributed by atoms with Crippen molar-refractivity contribution < 1.29 is 9.66 Å². The summed E-state index contributed by atoms with van der Waals surface area (Å²) in [4.78, 5) is 26.7. The zero-order valence-electron chi connectivity index (χ0n) is 16.0. The summed E-state index contributed by atoms with van der Waals surface area (Å²) < 4.78 is 5.73. The molecule has 9 heteroatoms. The first-order chi connectivity index (χ1) is 14.1. The van der Waals surface area contributed by atoms with Gasteiger partial charge in [-0.25, -0.2) is 4.98 Å². The lowest BCUT2D eigenvalue weighted by Crippen LogP contribution is -2.29. The van der Waals surface area contributed by atoms with Crippen molar-refractivity contribution in [1.29, 1.82) is 0 Å². The van der Waals surface area contributed by atoms with E-state index in [1.165, 1.54) is 6.20 Å². The summed E-state index contributed by atoms with van der Waals surface area (Å²) in [5.41, 5.74) is 1.65. The van der Waals surface area contributed by atoms with E-state index in [1.807, 2.05) is 6.20 Å². The monoisotopic (exact) mass is 411 g/mol. The second-order valence-corrected chi connectivity index (χ2v) is 8.15. The molecule has 1 fully saturated rings. The van der Waals surface area contributed by atoms with E-state index in [4.69, 9.17) is 4.74 Å². The molecule has 4 rings (SSSR count). The Kier molecular flexibility index (Phi) is 5.77. The molecule has 0 saturated carbocycles. The van der Waals surface area contributed by atoms with Gasteiger partial charge >= 0.3 is 5.82 Å². The molecule has 4 heterocycles. The number of nitro groups is 1. The average Bonchev–Trinajstić information content (AvgIpc) is 3.23. The van der Waals surface area contributed by atoms with Crippen molar-refractivity contribution in [2.75, 3.05) is 20.1 Å². The van der Waals surface area contributed by atoms with E-state index in [9.17, 15) is 10.1 Å². The first kappa shape index (κ1) is 19.4. The van der Waals surface area contributed by atoms with Crippen LogP contribution in [0.2, 0.25) is 0 Å². The van der Waals surface area contributed by atoms with Crippen LogP contribution in [-0.2, 0) is 6.61 Å². The lowest BCUT2D eigenvalue weighted by Gasteiger charge is -2.27. The van der Waals surface area contributed by atoms with Crippen LogP contribution in [0.1, 0.15) is 29.3 Å². The minimum Gasteiger partial charge on any atom is -0.481 e. The summed E-state index contributed by atoms with van der Waals surface area (Å²) in [7, 11) is 2.14. The van der Waals surface area contributed by atoms with E-state index < -0.39 is 4.92 Å². The fourth-order valence-electron chi connectivity index (χ4n) is 3.32. The van der Waals surface area contributed by atoms with Gasteiger partial charge in [0.2, 0.25) is 5.75 Å². The van der Waals surface area contributed by atoms with Gasteiger partial charge in [-0.15, -0.1) is 11.3 Å². The number of likely N-dealkylation sites (tertiary alicyclic amines) is 1. The standard InChI is InChI=1S/C20H21N5O3S/c1-24-8-4-15(5-9-24)20-23-12-18(29-20)16-10-17(19(22-11-16)25(26)27)28-13-14-2-6-21-7-3-14/h2-3,6-7,10-12,15H,4-5,8-9,13H2,1H3. The van der Waals surface area contributed by atoms with Gasteiger partial charge in [-0.1, -0.05) is 0 Å². The molecule has 3 aromatic rings. The Hall–Kier alpha value is -2.91. The number of hydrogen-bond acceptors (Lipinski definition) is 8. The van der Waals surface area contributed by atoms with Gasteiger partial charge in [0.05, 0.1) is 9.88 Å². The molecule has 0 atom stereocenters. The van der Waals surface area contributed by atoms with Crippen molar-refractivity contribution in [2.24, 2.45) is 0 Å². The van der Waals surface area contributed by atoms with Gasteiger partial charge in [0, 0.05) is 36.1 Å². The Morgan fingerprint density at radius 2 is 2.00 bits per heavy atom. The van der Waals surface area contributed by atoms with E-state index in [1.54, 1.807) is 41.9 Å². The maximum Gasteiger partial charge on any atom is 0.406 e. The van der Waals surface area contributed by atoms with Crippen LogP contribution >= 0.6 is 11.3 Å². The van der Waals surface area contributed by atoms with Gasteiger partial charge in [-0.05, 0) is 60.6 Å². The Bertz CT molecular complexity index is 987. The molecule has 8 nitrogen and oxygen atoms in total. The minimum absolute atomic E-state index is 0.151. The molecule has 0 bridgehead atoms. The first-order valence-electron chi connectivity index (χ1n) is 9.41. The molecule has 0 aromatic carbocycles. The molecule has 0 radical (unpaired) electrons. The zero-order valence-corrected chi connectivity index (χ0v) is 16.8. The molecule has 0 unspecified atom stereocenters. The van der Waals surface area contributed by atoms with Gasteiger partial charge < -0.3 is 19.8 Å². The fourth-order valence-corrected chi connectivity index (χ4v) is 4.39. The van der Waals surface area contributed by atoms with Crippen molar-refractivity contribution in [2.45, 2.75) is 25.4 Å². The quantitative estimate of drug-likeness (QED) is 0.448. The molecule has 29 heavy (non-hydrogen) atoms. The molecular formula is C20H21N5O3S. The Morgan fingerprint density at radius 3 is 2.72 bits per heavy atom. The van der Waals surface area contributed by atoms with Crippen LogP contribution in [-0.4, -0.2) is 44.9 Å². The van der Waals surface area contributed by atoms with Crippen LogP contribution in [0.25, 0.3) is 10.4 Å². The van der Waals surface area contributed by atoms with Crippen LogP contribution in [0.3, 0.4) is 0 Å². The number of piperidine rings is 1. The van der Waals surface area contributed by atoms with E-state index in [0.29, 0.717) is 5.92 Å². The highest BCUT2D eigenvalue weighted by Gasteiger charge is 2.23. The highest BCUT2D eigenvalue weighted by Crippen LogP contribution is 2.37. The number of nitrogens with zero attached hydrogens (tertiary/aromatic N) is 5. The summed E-state index contributed by atoms with van der Waals surface area (Å²) in [5.74, 6) is 0.333. The fraction of sp³-hybridized carbons (Fsp3) is 0.350. The molecule has 0 aliphatic carbocycles. The van der Waals surface area contributed by atoms with Crippen molar-refractivity contribution >= 4 is 17.2 Å². The van der Waals surface area contributed by atoms with E-state index in [0.717, 1.165) is 46.9 Å². The molecule has 0 N–H and O–H groups in total. The maximum atomic E-state index is 11.4. The Labute approximate surface area is 172 Å². The SMILES string of the molecule is CN1CCC(c2ncc(-c3cnc([N+](=O)[O-])c(OCc4ccncc4)c3)s2)CC1. The lowest BCUT2D eigenvalue weighted by molar-refractivity contribution is -0.390. The predicted molar refractivity (Wildman–Crippen MR) is 110 cm³/mol. The van der Waals surface area contributed by atoms with Crippen molar-refractivity contribution in [3.05, 3.63) is 63.7 Å². The zero-order chi connectivity index (χ0) is 20.2. The Balaban J connectivity index is 1.55. The van der Waals surface area contributed by atoms with Gasteiger partial charge in [-0.2, -0.15) is 0 Å². The van der Waals surface area contributed by atoms with Gasteiger partial charge in [0.1, 0.15) is 12.8 Å². The summed E-state index contributed by atoms with van der Waals surface area (Å²) in [6, 6.07) is 5.29. The highest BCUT2D eigenvalue weighted by molar-refractivity contribution is 7.15. The molecule has 0 amide bonds. The van der Waals surface area contributed by atoms with Crippen molar-refractivity contribution in [1.82, 2.24) is 19.9 Å². The van der Waals surface area contributed by atoms with Crippen molar-refractivity contribution in [3.63, 3.8) is 0 Å². The number of thiazole rings is 1. The molecule has 3 aromatic heterocycles. The summed E-state index contributed by atoms with van der Waals surface area (Å²) in [6.45, 7) is 2.36. The third kappa shape index (κ3) is 4.57. The number of aromatic nitrogens is 3. The summed E-state index contributed by atoms with van der Waals surface area (Å²) >= 11 is 1.63. The molecule has 150 valence electrons. The third-order valence-corrected chi connectivity index (χ3v) is 6.23. The van der Waals surface area contributed by atoms with Gasteiger partial charge in [-0.3, -0.25) is 4.98 Å². The topological polar surface area (TPSA) is 94.3 Å². The van der Waals surface area contributed by atoms with E-state index in [-0.39, 0.29) is 18.2 Å². The van der Waals surface area contributed by atoms with Crippen LogP contribution in [0.15, 0.2) is 43.0 Å². The average molecular weight is 411 g/mol. The molecule has 1 aliphatic heterocycles. The van der Waals surface area contributed by atoms with Crippen LogP contribution < -0.4 is 4.74 Å². The van der Waals surface area contributed by atoms with Crippen LogP contribution in [0.5, 0.6) is 5.75 Å². The molecular weight excluding hydrogens is 390 g/mol. The van der Waals surface area contributed by atoms with Gasteiger partial charge in [0.25, 0.3) is 0 Å². The molecule has 1 saturated heterocycles.